The van der Waals surface area contributed by atoms with Crippen molar-refractivity contribution in [2.24, 2.45) is 0 Å². The Labute approximate surface area is 85.4 Å². The van der Waals surface area contributed by atoms with Crippen LogP contribution in [0.5, 0.6) is 0 Å². The smallest absolute Gasteiger partial charge is 0.128 e. The number of pyridine rings is 1. The molecule has 1 rings (SSSR count). The fraction of sp³-hybridized carbons (Fsp3) is 0.545. The van der Waals surface area contributed by atoms with Crippen LogP contribution in [0.1, 0.15) is 18.9 Å². The third kappa shape index (κ3) is 3.00. The van der Waals surface area contributed by atoms with Gasteiger partial charge in [0.2, 0.25) is 0 Å². The van der Waals surface area contributed by atoms with Gasteiger partial charge in [-0.25, -0.2) is 4.98 Å². The molecule has 0 radical (unpaired) electrons. The first-order chi connectivity index (χ1) is 6.77. The number of aromatic nitrogens is 1. The highest BCUT2D eigenvalue weighted by Crippen LogP contribution is 2.10. The highest BCUT2D eigenvalue weighted by Gasteiger charge is 2.03. The van der Waals surface area contributed by atoms with E-state index in [9.17, 15) is 0 Å². The van der Waals surface area contributed by atoms with Crippen molar-refractivity contribution in [1.82, 2.24) is 4.98 Å². The van der Waals surface area contributed by atoms with Gasteiger partial charge in [-0.05, 0) is 31.9 Å². The molecule has 0 aliphatic carbocycles. The van der Waals surface area contributed by atoms with Gasteiger partial charge in [-0.15, -0.1) is 0 Å². The molecule has 3 heteroatoms. The van der Waals surface area contributed by atoms with Crippen molar-refractivity contribution in [1.29, 1.82) is 0 Å². The van der Waals surface area contributed by atoms with Crippen molar-refractivity contribution in [3.8, 4) is 0 Å². The van der Waals surface area contributed by atoms with Gasteiger partial charge in [-0.1, -0.05) is 6.07 Å². The normalized spacial score (nSPS) is 10.2. The summed E-state index contributed by atoms with van der Waals surface area (Å²) >= 11 is 0. The van der Waals surface area contributed by atoms with Crippen LogP contribution in [0.3, 0.4) is 0 Å². The van der Waals surface area contributed by atoms with E-state index in [0.29, 0.717) is 0 Å². The summed E-state index contributed by atoms with van der Waals surface area (Å²) in [5, 5.41) is 8.75. The fourth-order valence-electron chi connectivity index (χ4n) is 1.34. The molecule has 1 aromatic heterocycles. The molecule has 0 aliphatic heterocycles. The van der Waals surface area contributed by atoms with Crippen LogP contribution >= 0.6 is 0 Å². The minimum atomic E-state index is 0.238. The number of anilines is 1. The molecule has 0 unspecified atom stereocenters. The second-order valence-corrected chi connectivity index (χ2v) is 3.35. The van der Waals surface area contributed by atoms with Gasteiger partial charge in [0.15, 0.2) is 0 Å². The Bertz CT molecular complexity index is 258. The Hall–Kier alpha value is -1.09. The van der Waals surface area contributed by atoms with Crippen LogP contribution in [0, 0.1) is 6.92 Å². The molecule has 0 spiro atoms. The predicted molar refractivity (Wildman–Crippen MR) is 58.6 cm³/mol. The third-order valence-corrected chi connectivity index (χ3v) is 2.19. The molecule has 78 valence electrons. The van der Waals surface area contributed by atoms with Crippen molar-refractivity contribution < 1.29 is 5.11 Å². The van der Waals surface area contributed by atoms with Gasteiger partial charge in [0.05, 0.1) is 0 Å². The summed E-state index contributed by atoms with van der Waals surface area (Å²) in [5.74, 6) is 0.992. The summed E-state index contributed by atoms with van der Waals surface area (Å²) in [7, 11) is 0. The van der Waals surface area contributed by atoms with Gasteiger partial charge in [0.1, 0.15) is 5.82 Å². The summed E-state index contributed by atoms with van der Waals surface area (Å²) in [6.07, 6.45) is 2.67. The van der Waals surface area contributed by atoms with Crippen LogP contribution in [0.15, 0.2) is 18.3 Å². The average molecular weight is 194 g/mol. The lowest BCUT2D eigenvalue weighted by Gasteiger charge is -2.21. The van der Waals surface area contributed by atoms with E-state index in [0.717, 1.165) is 25.3 Å². The minimum Gasteiger partial charge on any atom is -0.396 e. The topological polar surface area (TPSA) is 36.4 Å². The zero-order valence-electron chi connectivity index (χ0n) is 8.90. The molecular formula is C11H18N2O. The van der Waals surface area contributed by atoms with Crippen molar-refractivity contribution in [2.75, 3.05) is 24.6 Å². The minimum absolute atomic E-state index is 0.238. The molecule has 0 aromatic carbocycles. The Morgan fingerprint density at radius 2 is 2.21 bits per heavy atom. The molecule has 0 saturated heterocycles. The first kappa shape index (κ1) is 11.0. The molecule has 0 fully saturated rings. The number of aliphatic hydroxyl groups excluding tert-OH is 1. The zero-order valence-corrected chi connectivity index (χ0v) is 8.90. The maximum Gasteiger partial charge on any atom is 0.128 e. The van der Waals surface area contributed by atoms with Gasteiger partial charge in [0, 0.05) is 25.9 Å². The van der Waals surface area contributed by atoms with Crippen LogP contribution in [0.25, 0.3) is 0 Å². The van der Waals surface area contributed by atoms with E-state index in [4.69, 9.17) is 5.11 Å². The Morgan fingerprint density at radius 1 is 1.43 bits per heavy atom. The van der Waals surface area contributed by atoms with Crippen molar-refractivity contribution in [3.63, 3.8) is 0 Å². The SMILES string of the molecule is CCN(CCCO)c1ccc(C)cn1. The number of aliphatic hydroxyl groups is 1. The fourth-order valence-corrected chi connectivity index (χ4v) is 1.34. The maximum atomic E-state index is 8.75. The number of hydrogen-bond donors (Lipinski definition) is 1. The highest BCUT2D eigenvalue weighted by molar-refractivity contribution is 5.38. The van der Waals surface area contributed by atoms with Gasteiger partial charge in [-0.3, -0.25) is 0 Å². The van der Waals surface area contributed by atoms with E-state index < -0.39 is 0 Å². The molecule has 1 aromatic rings. The van der Waals surface area contributed by atoms with Gasteiger partial charge in [0.25, 0.3) is 0 Å². The van der Waals surface area contributed by atoms with E-state index in [-0.39, 0.29) is 6.61 Å². The summed E-state index contributed by atoms with van der Waals surface area (Å²) in [6.45, 7) is 6.15. The van der Waals surface area contributed by atoms with E-state index in [1.54, 1.807) is 0 Å². The lowest BCUT2D eigenvalue weighted by Crippen LogP contribution is -2.25. The summed E-state index contributed by atoms with van der Waals surface area (Å²) in [5.41, 5.74) is 1.17. The molecule has 0 aliphatic rings. The summed E-state index contributed by atoms with van der Waals surface area (Å²) in [6, 6.07) is 4.08. The van der Waals surface area contributed by atoms with Crippen LogP contribution in [-0.2, 0) is 0 Å². The highest BCUT2D eigenvalue weighted by atomic mass is 16.3. The second kappa shape index (κ2) is 5.60. The standard InChI is InChI=1S/C11H18N2O/c1-3-13(7-4-8-14)11-6-5-10(2)9-12-11/h5-6,9,14H,3-4,7-8H2,1-2H3. The monoisotopic (exact) mass is 194 g/mol. The van der Waals surface area contributed by atoms with E-state index in [1.807, 2.05) is 19.2 Å². The van der Waals surface area contributed by atoms with Crippen molar-refractivity contribution >= 4 is 5.82 Å². The van der Waals surface area contributed by atoms with Crippen LogP contribution in [0.2, 0.25) is 0 Å². The van der Waals surface area contributed by atoms with Crippen LogP contribution in [0.4, 0.5) is 5.82 Å². The van der Waals surface area contributed by atoms with Crippen molar-refractivity contribution in [3.05, 3.63) is 23.9 Å². The Morgan fingerprint density at radius 3 is 2.71 bits per heavy atom. The Balaban J connectivity index is 2.64. The molecule has 0 bridgehead atoms. The Kier molecular flexibility index (Phi) is 4.40. The quantitative estimate of drug-likeness (QED) is 0.773. The maximum absolute atomic E-state index is 8.75. The third-order valence-electron chi connectivity index (χ3n) is 2.19. The first-order valence-electron chi connectivity index (χ1n) is 5.06. The molecule has 0 atom stereocenters. The zero-order chi connectivity index (χ0) is 10.4. The summed E-state index contributed by atoms with van der Waals surface area (Å²) < 4.78 is 0. The summed E-state index contributed by atoms with van der Waals surface area (Å²) in [4.78, 5) is 6.51. The van der Waals surface area contributed by atoms with Gasteiger partial charge >= 0.3 is 0 Å². The number of aryl methyl sites for hydroxylation is 1. The molecule has 1 N–H and O–H groups in total. The second-order valence-electron chi connectivity index (χ2n) is 3.35. The predicted octanol–water partition coefficient (Wildman–Crippen LogP) is 1.60. The molecule has 3 nitrogen and oxygen atoms in total. The number of hydrogen-bond acceptors (Lipinski definition) is 3. The largest absolute Gasteiger partial charge is 0.396 e. The van der Waals surface area contributed by atoms with Crippen molar-refractivity contribution in [2.45, 2.75) is 20.3 Å². The molecule has 0 saturated carbocycles. The van der Waals surface area contributed by atoms with E-state index in [1.165, 1.54) is 5.56 Å². The molecule has 14 heavy (non-hydrogen) atoms. The first-order valence-corrected chi connectivity index (χ1v) is 5.06. The average Bonchev–Trinajstić information content (AvgIpc) is 2.21. The number of nitrogens with zero attached hydrogens (tertiary/aromatic N) is 2. The molecular weight excluding hydrogens is 176 g/mol. The van der Waals surface area contributed by atoms with E-state index in [2.05, 4.69) is 22.9 Å². The van der Waals surface area contributed by atoms with Crippen LogP contribution < -0.4 is 4.90 Å². The van der Waals surface area contributed by atoms with E-state index >= 15 is 0 Å². The molecule has 1 heterocycles. The molecule has 0 amide bonds. The lowest BCUT2D eigenvalue weighted by atomic mass is 10.3. The number of rotatable bonds is 5. The van der Waals surface area contributed by atoms with Gasteiger partial charge in [-0.2, -0.15) is 0 Å². The van der Waals surface area contributed by atoms with Crippen LogP contribution in [-0.4, -0.2) is 29.8 Å². The van der Waals surface area contributed by atoms with Gasteiger partial charge < -0.3 is 10.0 Å². The lowest BCUT2D eigenvalue weighted by molar-refractivity contribution is 0.289.